The molecule has 0 bridgehead atoms. The number of hydrogen-bond donors (Lipinski definition) is 1. The maximum atomic E-state index is 12.9. The lowest BCUT2D eigenvalue weighted by atomic mass is 9.97. The van der Waals surface area contributed by atoms with E-state index in [1.54, 1.807) is 0 Å². The Labute approximate surface area is 109 Å². The number of carbonyl (C=O) groups is 2. The molecule has 0 radical (unpaired) electrons. The monoisotopic (exact) mass is 282 g/mol. The van der Waals surface area contributed by atoms with E-state index in [2.05, 4.69) is 10.1 Å². The fourth-order valence-corrected chi connectivity index (χ4v) is 2.20. The van der Waals surface area contributed by atoms with E-state index in [-0.39, 0.29) is 25.3 Å². The lowest BCUT2D eigenvalue weighted by Gasteiger charge is -2.40. The number of carbonyl (C=O) groups excluding carboxylic acids is 2. The molecular weight excluding hydrogens is 265 g/mol. The van der Waals surface area contributed by atoms with Crippen LogP contribution in [0, 0.1) is 0 Å². The fourth-order valence-electron chi connectivity index (χ4n) is 2.20. The van der Waals surface area contributed by atoms with Gasteiger partial charge in [0.05, 0.1) is 0 Å². The Morgan fingerprint density at radius 3 is 2.47 bits per heavy atom. The molecule has 0 saturated carbocycles. The highest BCUT2D eigenvalue weighted by Crippen LogP contribution is 2.32. The summed E-state index contributed by atoms with van der Waals surface area (Å²) in [6.45, 7) is 0.739. The number of nitrogens with zero attached hydrogens (tertiary/aromatic N) is 1. The van der Waals surface area contributed by atoms with E-state index in [9.17, 15) is 22.8 Å². The van der Waals surface area contributed by atoms with Gasteiger partial charge in [-0.3, -0.25) is 9.59 Å². The maximum Gasteiger partial charge on any atom is 0.408 e. The molecule has 8 heteroatoms. The summed E-state index contributed by atoms with van der Waals surface area (Å²) in [4.78, 5) is 23.3. The molecule has 2 atom stereocenters. The molecular formula is C11H17F3N2O3. The number of halogens is 3. The summed E-state index contributed by atoms with van der Waals surface area (Å²) in [5, 5.41) is 2.54. The van der Waals surface area contributed by atoms with E-state index in [1.807, 2.05) is 0 Å². The van der Waals surface area contributed by atoms with Crippen LogP contribution in [-0.4, -0.2) is 55.2 Å². The molecule has 19 heavy (non-hydrogen) atoms. The number of hydrogen-bond acceptors (Lipinski definition) is 3. The second-order valence-electron chi connectivity index (χ2n) is 4.51. The molecule has 1 N–H and O–H groups in total. The number of alkyl halides is 3. The molecule has 1 rings (SSSR count). The van der Waals surface area contributed by atoms with Crippen molar-refractivity contribution in [1.29, 1.82) is 0 Å². The Balaban J connectivity index is 2.80. The number of nitrogens with one attached hydrogen (secondary N) is 1. The highest BCUT2D eigenvalue weighted by atomic mass is 19.4. The summed E-state index contributed by atoms with van der Waals surface area (Å²) in [5.41, 5.74) is 0. The van der Waals surface area contributed by atoms with Crippen LogP contribution < -0.4 is 5.32 Å². The first-order valence-corrected chi connectivity index (χ1v) is 5.88. The van der Waals surface area contributed by atoms with Crippen LogP contribution in [0.25, 0.3) is 0 Å². The summed E-state index contributed by atoms with van der Waals surface area (Å²) in [7, 11) is 1.25. The minimum atomic E-state index is -4.47. The standard InChI is InChI=1S/C11H17F3N2O3/c1-7(17)15-8-3-4-9(11(12,13)14)16(5-8)10(18)6-19-2/h8-9H,3-6H2,1-2H3,(H,15,17)/t8-,9-/m1/s1. The average Bonchev–Trinajstić information content (AvgIpc) is 2.26. The lowest BCUT2D eigenvalue weighted by molar-refractivity contribution is -0.198. The van der Waals surface area contributed by atoms with Crippen LogP contribution in [0.1, 0.15) is 19.8 Å². The maximum absolute atomic E-state index is 12.9. The zero-order valence-electron chi connectivity index (χ0n) is 10.8. The Morgan fingerprint density at radius 1 is 1.37 bits per heavy atom. The van der Waals surface area contributed by atoms with Crippen molar-refractivity contribution in [2.24, 2.45) is 0 Å². The van der Waals surface area contributed by atoms with Crippen molar-refractivity contribution in [3.63, 3.8) is 0 Å². The molecule has 110 valence electrons. The zero-order chi connectivity index (χ0) is 14.6. The van der Waals surface area contributed by atoms with Gasteiger partial charge in [-0.15, -0.1) is 0 Å². The summed E-state index contributed by atoms with van der Waals surface area (Å²) < 4.78 is 43.2. The molecule has 1 aliphatic rings. The van der Waals surface area contributed by atoms with E-state index in [0.29, 0.717) is 0 Å². The molecule has 0 aliphatic carbocycles. The second kappa shape index (κ2) is 6.23. The number of likely N-dealkylation sites (tertiary alicyclic amines) is 1. The van der Waals surface area contributed by atoms with E-state index in [4.69, 9.17) is 0 Å². The predicted octanol–water partition coefficient (Wildman–Crippen LogP) is 0.691. The van der Waals surface area contributed by atoms with Gasteiger partial charge in [-0.05, 0) is 12.8 Å². The van der Waals surface area contributed by atoms with Gasteiger partial charge in [-0.1, -0.05) is 0 Å². The van der Waals surface area contributed by atoms with Gasteiger partial charge < -0.3 is 15.0 Å². The third-order valence-electron chi connectivity index (χ3n) is 2.96. The number of rotatable bonds is 3. The second-order valence-corrected chi connectivity index (χ2v) is 4.51. The quantitative estimate of drug-likeness (QED) is 0.828. The van der Waals surface area contributed by atoms with Crippen LogP contribution in [0.15, 0.2) is 0 Å². The number of ether oxygens (including phenoxy) is 1. The molecule has 2 amide bonds. The third-order valence-corrected chi connectivity index (χ3v) is 2.96. The van der Waals surface area contributed by atoms with Crippen LogP contribution >= 0.6 is 0 Å². The number of amides is 2. The van der Waals surface area contributed by atoms with Crippen LogP contribution in [0.5, 0.6) is 0 Å². The van der Waals surface area contributed by atoms with Crippen molar-refractivity contribution in [2.75, 3.05) is 20.3 Å². The molecule has 0 aromatic heterocycles. The summed E-state index contributed by atoms with van der Waals surface area (Å²) in [6, 6.07) is -2.25. The Hall–Kier alpha value is -1.31. The Bertz CT molecular complexity index is 347. The van der Waals surface area contributed by atoms with E-state index >= 15 is 0 Å². The Morgan fingerprint density at radius 2 is 2.00 bits per heavy atom. The van der Waals surface area contributed by atoms with Crippen LogP contribution in [0.4, 0.5) is 13.2 Å². The largest absolute Gasteiger partial charge is 0.408 e. The van der Waals surface area contributed by atoms with Gasteiger partial charge in [0.2, 0.25) is 11.8 Å². The van der Waals surface area contributed by atoms with Gasteiger partial charge in [-0.2, -0.15) is 13.2 Å². The van der Waals surface area contributed by atoms with Crippen LogP contribution in [0.2, 0.25) is 0 Å². The van der Waals surface area contributed by atoms with Gasteiger partial charge in [0.15, 0.2) is 0 Å². The molecule has 0 aromatic rings. The number of piperidine rings is 1. The van der Waals surface area contributed by atoms with Gasteiger partial charge in [-0.25, -0.2) is 0 Å². The van der Waals surface area contributed by atoms with Crippen LogP contribution in [-0.2, 0) is 14.3 Å². The minimum Gasteiger partial charge on any atom is -0.375 e. The van der Waals surface area contributed by atoms with Crippen molar-refractivity contribution < 1.29 is 27.5 Å². The first kappa shape index (κ1) is 15.7. The molecule has 1 aliphatic heterocycles. The van der Waals surface area contributed by atoms with Crippen molar-refractivity contribution in [1.82, 2.24) is 10.2 Å². The Kier molecular flexibility index (Phi) is 5.16. The van der Waals surface area contributed by atoms with E-state index in [1.165, 1.54) is 14.0 Å². The molecule has 1 saturated heterocycles. The van der Waals surface area contributed by atoms with Crippen molar-refractivity contribution in [3.8, 4) is 0 Å². The minimum absolute atomic E-state index is 0.147. The SMILES string of the molecule is COCC(=O)N1C[C@H](NC(C)=O)CC[C@@H]1C(F)(F)F. The van der Waals surface area contributed by atoms with Crippen LogP contribution in [0.3, 0.4) is 0 Å². The van der Waals surface area contributed by atoms with E-state index < -0.39 is 30.8 Å². The summed E-state index contributed by atoms with van der Waals surface area (Å²) in [6.07, 6.45) is -4.49. The fraction of sp³-hybridized carbons (Fsp3) is 0.818. The third kappa shape index (κ3) is 4.38. The summed E-state index contributed by atoms with van der Waals surface area (Å²) in [5.74, 6) is -1.05. The van der Waals surface area contributed by atoms with Gasteiger partial charge in [0, 0.05) is 26.6 Å². The summed E-state index contributed by atoms with van der Waals surface area (Å²) >= 11 is 0. The van der Waals surface area contributed by atoms with Gasteiger partial charge >= 0.3 is 6.18 Å². The van der Waals surface area contributed by atoms with E-state index in [0.717, 1.165) is 4.90 Å². The van der Waals surface area contributed by atoms with Crippen molar-refractivity contribution in [2.45, 2.75) is 38.0 Å². The van der Waals surface area contributed by atoms with Gasteiger partial charge in [0.25, 0.3) is 0 Å². The normalized spacial score (nSPS) is 24.2. The molecule has 1 heterocycles. The topological polar surface area (TPSA) is 58.6 Å². The zero-order valence-corrected chi connectivity index (χ0v) is 10.8. The molecule has 0 unspecified atom stereocenters. The molecule has 0 aromatic carbocycles. The molecule has 1 fully saturated rings. The first-order chi connectivity index (χ1) is 8.75. The average molecular weight is 282 g/mol. The van der Waals surface area contributed by atoms with Crippen molar-refractivity contribution in [3.05, 3.63) is 0 Å². The molecule has 0 spiro atoms. The van der Waals surface area contributed by atoms with Gasteiger partial charge in [0.1, 0.15) is 12.6 Å². The lowest BCUT2D eigenvalue weighted by Crippen LogP contribution is -2.58. The highest BCUT2D eigenvalue weighted by Gasteiger charge is 2.47. The predicted molar refractivity (Wildman–Crippen MR) is 60.3 cm³/mol. The molecule has 5 nitrogen and oxygen atoms in total. The first-order valence-electron chi connectivity index (χ1n) is 5.88. The highest BCUT2D eigenvalue weighted by molar-refractivity contribution is 5.78. The van der Waals surface area contributed by atoms with Crippen molar-refractivity contribution >= 4 is 11.8 Å². The smallest absolute Gasteiger partial charge is 0.375 e. The number of methoxy groups -OCH3 is 1.